The van der Waals surface area contributed by atoms with Gasteiger partial charge >= 0.3 is 0 Å². The highest BCUT2D eigenvalue weighted by molar-refractivity contribution is 5.83. The van der Waals surface area contributed by atoms with Crippen LogP contribution in [0.3, 0.4) is 0 Å². The minimum atomic E-state index is -0.944. The minimum absolute atomic E-state index is 0.312. The highest BCUT2D eigenvalue weighted by Gasteiger charge is 2.30. The number of aliphatic hydroxyl groups is 1. The molecule has 28 heavy (non-hydrogen) atoms. The van der Waals surface area contributed by atoms with Gasteiger partial charge in [0.15, 0.2) is 17.0 Å². The van der Waals surface area contributed by atoms with Crippen molar-refractivity contribution in [1.82, 2.24) is 19.5 Å². The zero-order chi connectivity index (χ0) is 20.1. The number of anilines is 1. The molecule has 1 aliphatic rings. The number of nitrogens with zero attached hydrogens (tertiary/aromatic N) is 4. The van der Waals surface area contributed by atoms with Crippen molar-refractivity contribution in [3.05, 3.63) is 24.8 Å². The fraction of sp³-hybridized carbons (Fsp3) is 0.591. The van der Waals surface area contributed by atoms with Crippen LogP contribution in [0.5, 0.6) is 0 Å². The van der Waals surface area contributed by atoms with Crippen molar-refractivity contribution < 1.29 is 5.11 Å². The molecular formula is C22H31N5O. The Kier molecular flexibility index (Phi) is 6.35. The average molecular weight is 382 g/mol. The van der Waals surface area contributed by atoms with Gasteiger partial charge in [-0.1, -0.05) is 39.2 Å². The normalized spacial score (nSPS) is 22.1. The largest absolute Gasteiger partial charge is 0.378 e. The first-order valence-electron chi connectivity index (χ1n) is 10.3. The predicted octanol–water partition coefficient (Wildman–Crippen LogP) is 3.91. The van der Waals surface area contributed by atoms with Crippen molar-refractivity contribution in [3.8, 4) is 11.8 Å². The van der Waals surface area contributed by atoms with Crippen molar-refractivity contribution >= 4 is 17.0 Å². The lowest BCUT2D eigenvalue weighted by Gasteiger charge is -2.30. The Bertz CT molecular complexity index is 889. The van der Waals surface area contributed by atoms with Gasteiger partial charge in [0.25, 0.3) is 0 Å². The van der Waals surface area contributed by atoms with Crippen molar-refractivity contribution in [2.75, 3.05) is 5.32 Å². The molecule has 6 heteroatoms. The van der Waals surface area contributed by atoms with Gasteiger partial charge < -0.3 is 15.0 Å². The molecular weight excluding hydrogens is 350 g/mol. The molecule has 0 aromatic carbocycles. The number of imidazole rings is 1. The molecule has 2 N–H and O–H groups in total. The number of hydrogen-bond acceptors (Lipinski definition) is 5. The number of nitrogens with one attached hydrogen (secondary N) is 1. The van der Waals surface area contributed by atoms with Gasteiger partial charge in [-0.05, 0) is 43.9 Å². The SMILES string of the molecule is C=CCn1cnc2c(NC(CC)CC)nc(C#C[C@]3(O)CCC[C@@H](C)C3)nc21. The predicted molar refractivity (Wildman–Crippen MR) is 113 cm³/mol. The van der Waals surface area contributed by atoms with Crippen molar-refractivity contribution in [2.24, 2.45) is 5.92 Å². The van der Waals surface area contributed by atoms with Crippen LogP contribution in [0, 0.1) is 17.8 Å². The summed E-state index contributed by atoms with van der Waals surface area (Å²) < 4.78 is 1.94. The molecule has 1 aliphatic carbocycles. The van der Waals surface area contributed by atoms with Crippen molar-refractivity contribution in [1.29, 1.82) is 0 Å². The van der Waals surface area contributed by atoms with Crippen molar-refractivity contribution in [3.63, 3.8) is 0 Å². The molecule has 0 unspecified atom stereocenters. The second kappa shape index (κ2) is 8.74. The third kappa shape index (κ3) is 4.53. The lowest BCUT2D eigenvalue weighted by molar-refractivity contribution is 0.0410. The van der Waals surface area contributed by atoms with Crippen LogP contribution in [0.15, 0.2) is 19.0 Å². The number of allylic oxidation sites excluding steroid dienone is 1. The summed E-state index contributed by atoms with van der Waals surface area (Å²) in [7, 11) is 0. The van der Waals surface area contributed by atoms with E-state index in [-0.39, 0.29) is 0 Å². The Morgan fingerprint density at radius 1 is 1.43 bits per heavy atom. The van der Waals surface area contributed by atoms with E-state index in [9.17, 15) is 5.11 Å². The van der Waals surface area contributed by atoms with E-state index in [0.29, 0.717) is 43.0 Å². The van der Waals surface area contributed by atoms with Gasteiger partial charge in [0.05, 0.1) is 6.33 Å². The van der Waals surface area contributed by atoms with Gasteiger partial charge in [-0.15, -0.1) is 6.58 Å². The van der Waals surface area contributed by atoms with E-state index in [4.69, 9.17) is 0 Å². The van der Waals surface area contributed by atoms with E-state index >= 15 is 0 Å². The molecule has 0 bridgehead atoms. The smallest absolute Gasteiger partial charge is 0.209 e. The Morgan fingerprint density at radius 3 is 2.89 bits per heavy atom. The van der Waals surface area contributed by atoms with Crippen LogP contribution in [-0.2, 0) is 6.54 Å². The molecule has 1 saturated carbocycles. The Labute approximate surface area is 167 Å². The molecule has 2 heterocycles. The maximum absolute atomic E-state index is 10.8. The topological polar surface area (TPSA) is 75.9 Å². The third-order valence-corrected chi connectivity index (χ3v) is 5.50. The van der Waals surface area contributed by atoms with Gasteiger partial charge in [0.1, 0.15) is 5.60 Å². The van der Waals surface area contributed by atoms with Gasteiger partial charge in [-0.3, -0.25) is 0 Å². The molecule has 0 aliphatic heterocycles. The summed E-state index contributed by atoms with van der Waals surface area (Å²) in [5.41, 5.74) is 0.529. The summed E-state index contributed by atoms with van der Waals surface area (Å²) in [6, 6.07) is 0.312. The Balaban J connectivity index is 2.01. The molecule has 2 atom stereocenters. The van der Waals surface area contributed by atoms with Crippen LogP contribution in [-0.4, -0.2) is 36.3 Å². The molecule has 0 saturated heterocycles. The minimum Gasteiger partial charge on any atom is -0.378 e. The number of hydrogen-bond donors (Lipinski definition) is 2. The highest BCUT2D eigenvalue weighted by atomic mass is 16.3. The molecule has 0 radical (unpaired) electrons. The zero-order valence-corrected chi connectivity index (χ0v) is 17.2. The van der Waals surface area contributed by atoms with E-state index in [1.165, 1.54) is 0 Å². The van der Waals surface area contributed by atoms with Crippen molar-refractivity contribution in [2.45, 2.75) is 77.5 Å². The lowest BCUT2D eigenvalue weighted by atomic mass is 9.79. The Hall–Kier alpha value is -2.39. The third-order valence-electron chi connectivity index (χ3n) is 5.50. The second-order valence-electron chi connectivity index (χ2n) is 7.89. The fourth-order valence-corrected chi connectivity index (χ4v) is 3.87. The van der Waals surface area contributed by atoms with Gasteiger partial charge in [0.2, 0.25) is 5.82 Å². The maximum Gasteiger partial charge on any atom is 0.209 e. The van der Waals surface area contributed by atoms with E-state index in [0.717, 1.165) is 36.8 Å². The first-order chi connectivity index (χ1) is 13.5. The van der Waals surface area contributed by atoms with Crippen LogP contribution in [0.4, 0.5) is 5.82 Å². The molecule has 1 fully saturated rings. The van der Waals surface area contributed by atoms with E-state index in [1.807, 2.05) is 10.6 Å². The first-order valence-corrected chi connectivity index (χ1v) is 10.3. The summed E-state index contributed by atoms with van der Waals surface area (Å²) in [4.78, 5) is 13.8. The number of rotatable bonds is 6. The molecule has 0 amide bonds. The van der Waals surface area contributed by atoms with E-state index in [1.54, 1.807) is 6.33 Å². The maximum atomic E-state index is 10.8. The highest BCUT2D eigenvalue weighted by Crippen LogP contribution is 2.31. The number of aromatic nitrogens is 4. The van der Waals surface area contributed by atoms with Gasteiger partial charge in [0, 0.05) is 12.6 Å². The fourth-order valence-electron chi connectivity index (χ4n) is 3.87. The lowest BCUT2D eigenvalue weighted by Crippen LogP contribution is -2.32. The molecule has 6 nitrogen and oxygen atoms in total. The molecule has 2 aromatic rings. The summed E-state index contributed by atoms with van der Waals surface area (Å²) in [5, 5.41) is 14.3. The summed E-state index contributed by atoms with van der Waals surface area (Å²) in [6.45, 7) is 10.9. The van der Waals surface area contributed by atoms with Gasteiger partial charge in [-0.25, -0.2) is 15.0 Å². The zero-order valence-electron chi connectivity index (χ0n) is 17.2. The standard InChI is InChI=1S/C22H31N5O/c1-5-13-27-15-23-19-20(24-17(6-2)7-3)25-18(26-21(19)27)10-12-22(28)11-8-9-16(4)14-22/h5,15-17,28H,1,6-9,11,13-14H2,2-4H3,(H,24,25,26)/t16-,22-/m1/s1. The van der Waals surface area contributed by atoms with Crippen LogP contribution in [0.25, 0.3) is 11.2 Å². The quantitative estimate of drug-likeness (QED) is 0.586. The molecule has 3 rings (SSSR count). The molecule has 0 spiro atoms. The van der Waals surface area contributed by atoms with Crippen LogP contribution < -0.4 is 5.32 Å². The summed E-state index contributed by atoms with van der Waals surface area (Å²) in [6.07, 6.45) is 9.12. The second-order valence-corrected chi connectivity index (χ2v) is 7.89. The van der Waals surface area contributed by atoms with Crippen LogP contribution in [0.2, 0.25) is 0 Å². The monoisotopic (exact) mass is 381 g/mol. The number of fused-ring (bicyclic) bond motifs is 1. The van der Waals surface area contributed by atoms with E-state index in [2.05, 4.69) is 59.5 Å². The summed E-state index contributed by atoms with van der Waals surface area (Å²) >= 11 is 0. The average Bonchev–Trinajstić information content (AvgIpc) is 3.08. The van der Waals surface area contributed by atoms with E-state index < -0.39 is 5.60 Å². The molecule has 150 valence electrons. The first kappa shape index (κ1) is 20.3. The van der Waals surface area contributed by atoms with Crippen LogP contribution in [0.1, 0.15) is 65.1 Å². The molecule has 2 aromatic heterocycles. The van der Waals surface area contributed by atoms with Crippen LogP contribution >= 0.6 is 0 Å². The Morgan fingerprint density at radius 2 is 2.21 bits per heavy atom. The van der Waals surface area contributed by atoms with Gasteiger partial charge in [-0.2, -0.15) is 0 Å². The summed E-state index contributed by atoms with van der Waals surface area (Å²) in [5.74, 6) is 7.71.